The van der Waals surface area contributed by atoms with Gasteiger partial charge in [-0.25, -0.2) is 9.69 Å². The first-order valence-electron chi connectivity index (χ1n) is 10.2. The Labute approximate surface area is 191 Å². The van der Waals surface area contributed by atoms with Crippen molar-refractivity contribution >= 4 is 33.6 Å². The first kappa shape index (κ1) is 22.3. The highest BCUT2D eigenvalue weighted by Gasteiger charge is 2.57. The summed E-state index contributed by atoms with van der Waals surface area (Å²) in [6.45, 7) is 0.158. The standard InChI is InChI=1S/C23H19BrF3N3O2/c24-19-7-3-2-6-16(19)14-29-21(32)30(20(31)22(29)10-4-1-5-11-22)17-9-8-15(13-28)18(12-17)23(25,26)27/h2-3,6-9,12H,1,4-5,10-11,14H2. The highest BCUT2D eigenvalue weighted by Crippen LogP contribution is 2.44. The molecule has 166 valence electrons. The number of hydrogen-bond acceptors (Lipinski definition) is 3. The fraction of sp³-hybridized carbons (Fsp3) is 0.348. The zero-order valence-corrected chi connectivity index (χ0v) is 18.5. The van der Waals surface area contributed by atoms with Crippen molar-refractivity contribution in [1.82, 2.24) is 4.90 Å². The minimum Gasteiger partial charge on any atom is -0.305 e. The van der Waals surface area contributed by atoms with E-state index in [9.17, 15) is 22.8 Å². The van der Waals surface area contributed by atoms with Crippen LogP contribution in [0.1, 0.15) is 48.8 Å². The summed E-state index contributed by atoms with van der Waals surface area (Å²) in [6, 6.07) is 11.1. The van der Waals surface area contributed by atoms with E-state index in [1.54, 1.807) is 0 Å². The largest absolute Gasteiger partial charge is 0.417 e. The molecule has 9 heteroatoms. The Bertz CT molecular complexity index is 1120. The predicted molar refractivity (Wildman–Crippen MR) is 115 cm³/mol. The van der Waals surface area contributed by atoms with Gasteiger partial charge in [0.2, 0.25) is 0 Å². The molecular weight excluding hydrogens is 487 g/mol. The van der Waals surface area contributed by atoms with Gasteiger partial charge in [0.25, 0.3) is 5.91 Å². The van der Waals surface area contributed by atoms with E-state index >= 15 is 0 Å². The molecule has 1 heterocycles. The Hall–Kier alpha value is -2.86. The lowest BCUT2D eigenvalue weighted by atomic mass is 9.80. The van der Waals surface area contributed by atoms with Gasteiger partial charge in [0.1, 0.15) is 5.54 Å². The molecule has 0 bridgehead atoms. The number of amides is 3. The number of benzene rings is 2. The molecule has 0 unspecified atom stereocenters. The molecule has 0 atom stereocenters. The van der Waals surface area contributed by atoms with Crippen molar-refractivity contribution in [3.05, 3.63) is 63.6 Å². The molecule has 1 aliphatic heterocycles. The van der Waals surface area contributed by atoms with Gasteiger partial charge in [0.15, 0.2) is 0 Å². The zero-order valence-electron chi connectivity index (χ0n) is 17.0. The van der Waals surface area contributed by atoms with Crippen LogP contribution in [0.3, 0.4) is 0 Å². The van der Waals surface area contributed by atoms with E-state index in [0.717, 1.165) is 40.3 Å². The van der Waals surface area contributed by atoms with Gasteiger partial charge in [0.05, 0.1) is 22.9 Å². The third-order valence-corrected chi connectivity index (χ3v) is 6.97. The van der Waals surface area contributed by atoms with Crippen LogP contribution in [0, 0.1) is 11.3 Å². The molecule has 0 N–H and O–H groups in total. The number of urea groups is 1. The minimum absolute atomic E-state index is 0.158. The van der Waals surface area contributed by atoms with Gasteiger partial charge >= 0.3 is 12.2 Å². The average Bonchev–Trinajstić information content (AvgIpc) is 2.96. The molecule has 4 rings (SSSR count). The maximum atomic E-state index is 13.6. The molecule has 1 saturated carbocycles. The van der Waals surface area contributed by atoms with Gasteiger partial charge in [-0.15, -0.1) is 0 Å². The topological polar surface area (TPSA) is 64.4 Å². The van der Waals surface area contributed by atoms with Crippen LogP contribution in [0.4, 0.5) is 23.7 Å². The van der Waals surface area contributed by atoms with Crippen LogP contribution in [-0.2, 0) is 17.5 Å². The predicted octanol–water partition coefficient (Wildman–Crippen LogP) is 6.01. The Morgan fingerprint density at radius 2 is 1.75 bits per heavy atom. The first-order chi connectivity index (χ1) is 15.2. The summed E-state index contributed by atoms with van der Waals surface area (Å²) in [5.74, 6) is -0.507. The van der Waals surface area contributed by atoms with Crippen LogP contribution in [0.15, 0.2) is 46.9 Å². The highest BCUT2D eigenvalue weighted by atomic mass is 79.9. The number of imide groups is 1. The fourth-order valence-electron chi connectivity index (χ4n) is 4.58. The van der Waals surface area contributed by atoms with Gasteiger partial charge in [0, 0.05) is 11.0 Å². The van der Waals surface area contributed by atoms with Gasteiger partial charge in [-0.2, -0.15) is 18.4 Å². The molecule has 1 saturated heterocycles. The van der Waals surface area contributed by atoms with E-state index in [-0.39, 0.29) is 12.2 Å². The number of alkyl halides is 3. The van der Waals surface area contributed by atoms with E-state index in [1.165, 1.54) is 17.0 Å². The minimum atomic E-state index is -4.79. The quantitative estimate of drug-likeness (QED) is 0.479. The van der Waals surface area contributed by atoms with Crippen LogP contribution in [-0.4, -0.2) is 22.4 Å². The first-order valence-corrected chi connectivity index (χ1v) is 11.0. The molecule has 5 nitrogen and oxygen atoms in total. The SMILES string of the molecule is N#Cc1ccc(N2C(=O)N(Cc3ccccc3Br)C3(CCCCC3)C2=O)cc1C(F)(F)F. The number of halogens is 4. The van der Waals surface area contributed by atoms with Crippen molar-refractivity contribution < 1.29 is 22.8 Å². The fourth-order valence-corrected chi connectivity index (χ4v) is 4.99. The van der Waals surface area contributed by atoms with Gasteiger partial charge < -0.3 is 4.90 Å². The number of carbonyl (C=O) groups is 2. The lowest BCUT2D eigenvalue weighted by molar-refractivity contribution is -0.137. The normalized spacial score (nSPS) is 18.3. The van der Waals surface area contributed by atoms with Crippen molar-refractivity contribution in [2.75, 3.05) is 4.90 Å². The smallest absolute Gasteiger partial charge is 0.305 e. The molecule has 3 amide bonds. The molecule has 2 fully saturated rings. The summed E-state index contributed by atoms with van der Waals surface area (Å²) in [5.41, 5.74) is -2.18. The van der Waals surface area contributed by atoms with E-state index in [1.807, 2.05) is 24.3 Å². The zero-order chi connectivity index (χ0) is 23.1. The second kappa shape index (κ2) is 8.24. The molecule has 1 spiro atoms. The number of nitrogens with zero attached hydrogens (tertiary/aromatic N) is 3. The number of nitriles is 1. The molecule has 2 aliphatic rings. The summed E-state index contributed by atoms with van der Waals surface area (Å²) in [6.07, 6.45) is -1.44. The summed E-state index contributed by atoms with van der Waals surface area (Å²) in [4.78, 5) is 29.4. The monoisotopic (exact) mass is 505 g/mol. The van der Waals surface area contributed by atoms with E-state index in [0.29, 0.717) is 18.9 Å². The van der Waals surface area contributed by atoms with E-state index < -0.39 is 34.8 Å². The van der Waals surface area contributed by atoms with E-state index in [2.05, 4.69) is 15.9 Å². The average molecular weight is 506 g/mol. The third-order valence-electron chi connectivity index (χ3n) is 6.19. The van der Waals surface area contributed by atoms with Crippen molar-refractivity contribution in [2.45, 2.75) is 50.4 Å². The summed E-state index contributed by atoms with van der Waals surface area (Å²) < 4.78 is 41.3. The Kier molecular flexibility index (Phi) is 5.76. The van der Waals surface area contributed by atoms with Crippen molar-refractivity contribution in [3.8, 4) is 6.07 Å². The number of rotatable bonds is 3. The number of anilines is 1. The van der Waals surface area contributed by atoms with Gasteiger partial charge in [-0.3, -0.25) is 4.79 Å². The molecular formula is C23H19BrF3N3O2. The molecule has 2 aromatic carbocycles. The van der Waals surface area contributed by atoms with Crippen molar-refractivity contribution in [3.63, 3.8) is 0 Å². The van der Waals surface area contributed by atoms with Crippen molar-refractivity contribution in [1.29, 1.82) is 5.26 Å². The summed E-state index contributed by atoms with van der Waals surface area (Å²) >= 11 is 3.47. The number of hydrogen-bond donors (Lipinski definition) is 0. The van der Waals surface area contributed by atoms with Crippen LogP contribution in [0.2, 0.25) is 0 Å². The second-order valence-corrected chi connectivity index (χ2v) is 8.89. The Morgan fingerprint density at radius 3 is 2.38 bits per heavy atom. The molecule has 0 aromatic heterocycles. The van der Waals surface area contributed by atoms with Crippen LogP contribution >= 0.6 is 15.9 Å². The van der Waals surface area contributed by atoms with Crippen LogP contribution in [0.25, 0.3) is 0 Å². The van der Waals surface area contributed by atoms with Crippen molar-refractivity contribution in [2.24, 2.45) is 0 Å². The summed E-state index contributed by atoms with van der Waals surface area (Å²) in [7, 11) is 0. The third kappa shape index (κ3) is 3.66. The highest BCUT2D eigenvalue weighted by molar-refractivity contribution is 9.10. The maximum Gasteiger partial charge on any atom is 0.417 e. The lowest BCUT2D eigenvalue weighted by Gasteiger charge is -2.38. The molecule has 2 aromatic rings. The Balaban J connectivity index is 1.80. The summed E-state index contributed by atoms with van der Waals surface area (Å²) in [5, 5.41) is 9.06. The number of carbonyl (C=O) groups excluding carboxylic acids is 2. The lowest BCUT2D eigenvalue weighted by Crippen LogP contribution is -2.50. The van der Waals surface area contributed by atoms with E-state index in [4.69, 9.17) is 5.26 Å². The maximum absolute atomic E-state index is 13.6. The van der Waals surface area contributed by atoms with Crippen LogP contribution < -0.4 is 4.90 Å². The van der Waals surface area contributed by atoms with Crippen LogP contribution in [0.5, 0.6) is 0 Å². The second-order valence-electron chi connectivity index (χ2n) is 8.03. The Morgan fingerprint density at radius 1 is 1.06 bits per heavy atom. The van der Waals surface area contributed by atoms with Gasteiger partial charge in [-0.05, 0) is 42.7 Å². The molecule has 1 aliphatic carbocycles. The molecule has 0 radical (unpaired) electrons. The molecule has 32 heavy (non-hydrogen) atoms. The van der Waals surface area contributed by atoms with Gasteiger partial charge in [-0.1, -0.05) is 53.4 Å².